The third kappa shape index (κ3) is 28.0. The Hall–Kier alpha value is -1.13. The summed E-state index contributed by atoms with van der Waals surface area (Å²) in [5.41, 5.74) is 0. The second kappa shape index (κ2) is 8.87. The van der Waals surface area contributed by atoms with Gasteiger partial charge in [0, 0.05) is 12.2 Å². The van der Waals surface area contributed by atoms with Crippen molar-refractivity contribution in [1.82, 2.24) is 0 Å². The van der Waals surface area contributed by atoms with E-state index in [1.54, 1.807) is 0 Å². The van der Waals surface area contributed by atoms with Gasteiger partial charge < -0.3 is 15.1 Å². The molecule has 1 atom stereocenters. The summed E-state index contributed by atoms with van der Waals surface area (Å²) in [5, 5.41) is 15.6. The van der Waals surface area contributed by atoms with Crippen molar-refractivity contribution in [3.05, 3.63) is 12.2 Å². The summed E-state index contributed by atoms with van der Waals surface area (Å²) < 4.78 is 8.57. The Kier molecular flexibility index (Phi) is 10.1. The van der Waals surface area contributed by atoms with E-state index in [1.165, 1.54) is 0 Å². The maximum atomic E-state index is 9.55. The van der Waals surface area contributed by atoms with E-state index in [4.69, 9.17) is 19.7 Å². The SMILES string of the molecule is O=C(O)C=CC(=O)O.O=[PH2]O. The highest BCUT2D eigenvalue weighted by Gasteiger charge is 1.88. The van der Waals surface area contributed by atoms with Crippen LogP contribution < -0.4 is 0 Å². The fraction of sp³-hybridized carbons (Fsp3) is 0. The molecule has 0 bridgehead atoms. The molecule has 7 heteroatoms. The molecule has 0 aliphatic carbocycles. The van der Waals surface area contributed by atoms with Crippen molar-refractivity contribution < 1.29 is 29.3 Å². The Morgan fingerprint density at radius 3 is 1.36 bits per heavy atom. The molecule has 0 aliphatic rings. The molecule has 64 valence electrons. The lowest BCUT2D eigenvalue weighted by molar-refractivity contribution is -0.134. The van der Waals surface area contributed by atoms with E-state index in [2.05, 4.69) is 0 Å². The van der Waals surface area contributed by atoms with Gasteiger partial charge in [0.25, 0.3) is 0 Å². The fourth-order valence-electron chi connectivity index (χ4n) is 0.143. The number of hydrogen-bond acceptors (Lipinski definition) is 3. The maximum absolute atomic E-state index is 9.55. The standard InChI is InChI=1S/C4H4O4.H3O2P/c5-3(6)1-2-4(7)8;1-3-2/h1-2H,(H,5,6)(H,7,8);3H2,(H,1,2). The van der Waals surface area contributed by atoms with E-state index in [-0.39, 0.29) is 0 Å². The van der Waals surface area contributed by atoms with Crippen LogP contribution in [0.15, 0.2) is 12.2 Å². The van der Waals surface area contributed by atoms with Crippen molar-refractivity contribution in [2.24, 2.45) is 0 Å². The van der Waals surface area contributed by atoms with E-state index in [9.17, 15) is 9.59 Å². The highest BCUT2D eigenvalue weighted by Crippen LogP contribution is 1.70. The van der Waals surface area contributed by atoms with E-state index >= 15 is 0 Å². The molecule has 0 saturated carbocycles. The topological polar surface area (TPSA) is 112 Å². The monoisotopic (exact) mass is 182 g/mol. The highest BCUT2D eigenvalue weighted by atomic mass is 31.1. The van der Waals surface area contributed by atoms with E-state index < -0.39 is 20.6 Å². The molecule has 3 N–H and O–H groups in total. The molecule has 0 fully saturated rings. The summed E-state index contributed by atoms with van der Waals surface area (Å²) in [6, 6.07) is 0. The highest BCUT2D eigenvalue weighted by molar-refractivity contribution is 7.16. The van der Waals surface area contributed by atoms with Crippen molar-refractivity contribution in [2.45, 2.75) is 0 Å². The largest absolute Gasteiger partial charge is 0.478 e. The Labute approximate surface area is 63.1 Å². The van der Waals surface area contributed by atoms with Gasteiger partial charge in [0.05, 0.1) is 0 Å². The first-order chi connectivity index (χ1) is 5.04. The minimum atomic E-state index is -1.50. The second-order valence-corrected chi connectivity index (χ2v) is 1.33. The van der Waals surface area contributed by atoms with E-state index in [0.29, 0.717) is 12.2 Å². The van der Waals surface area contributed by atoms with Crippen LogP contribution in [0.2, 0.25) is 0 Å². The lowest BCUT2D eigenvalue weighted by Gasteiger charge is -1.74. The average Bonchev–Trinajstić information content (AvgIpc) is 1.85. The maximum Gasteiger partial charge on any atom is 0.328 e. The van der Waals surface area contributed by atoms with Gasteiger partial charge in [0.2, 0.25) is 0 Å². The van der Waals surface area contributed by atoms with Crippen LogP contribution in [-0.2, 0) is 14.2 Å². The van der Waals surface area contributed by atoms with Gasteiger partial charge in [-0.25, -0.2) is 9.59 Å². The molecule has 0 amide bonds. The zero-order valence-electron chi connectivity index (χ0n) is 5.30. The minimum Gasteiger partial charge on any atom is -0.478 e. The molecule has 11 heavy (non-hydrogen) atoms. The molecule has 0 heterocycles. The smallest absolute Gasteiger partial charge is 0.328 e. The first kappa shape index (κ1) is 12.5. The van der Waals surface area contributed by atoms with Crippen LogP contribution >= 0.6 is 8.69 Å². The normalized spacial score (nSPS) is 9.55. The molecule has 1 unspecified atom stereocenters. The second-order valence-electron chi connectivity index (χ2n) is 1.12. The van der Waals surface area contributed by atoms with Gasteiger partial charge in [-0.15, -0.1) is 0 Å². The van der Waals surface area contributed by atoms with Gasteiger partial charge in [-0.3, -0.25) is 4.57 Å². The van der Waals surface area contributed by atoms with Crippen LogP contribution in [0.3, 0.4) is 0 Å². The van der Waals surface area contributed by atoms with Gasteiger partial charge in [-0.2, -0.15) is 0 Å². The molecule has 0 spiro atoms. The number of aliphatic carboxylic acids is 2. The summed E-state index contributed by atoms with van der Waals surface area (Å²) >= 11 is 0. The number of carboxylic acids is 2. The lowest BCUT2D eigenvalue weighted by Crippen LogP contribution is -1.91. The Morgan fingerprint density at radius 1 is 1.09 bits per heavy atom. The number of hydrogen-bond donors (Lipinski definition) is 3. The number of carboxylic acid groups (broad SMARTS) is 2. The summed E-state index contributed by atoms with van der Waals surface area (Å²) in [6.07, 6.45) is 1.12. The van der Waals surface area contributed by atoms with Crippen LogP contribution in [0, 0.1) is 0 Å². The molecule has 0 radical (unpaired) electrons. The van der Waals surface area contributed by atoms with E-state index in [1.807, 2.05) is 0 Å². The third-order valence-corrected chi connectivity index (χ3v) is 0.368. The predicted molar refractivity (Wildman–Crippen MR) is 37.0 cm³/mol. The van der Waals surface area contributed by atoms with Crippen LogP contribution in [0.25, 0.3) is 0 Å². The quantitative estimate of drug-likeness (QED) is 0.386. The molecule has 0 aromatic rings. The van der Waals surface area contributed by atoms with Gasteiger partial charge >= 0.3 is 11.9 Å². The van der Waals surface area contributed by atoms with Crippen LogP contribution in [-0.4, -0.2) is 27.0 Å². The molecule has 0 aromatic carbocycles. The number of rotatable bonds is 2. The van der Waals surface area contributed by atoms with Crippen LogP contribution in [0.4, 0.5) is 0 Å². The first-order valence-corrected chi connectivity index (χ1v) is 3.25. The summed E-state index contributed by atoms with van der Waals surface area (Å²) in [4.78, 5) is 26.2. The molecule has 6 nitrogen and oxygen atoms in total. The summed E-state index contributed by atoms with van der Waals surface area (Å²) in [5.74, 6) is -2.51. The summed E-state index contributed by atoms with van der Waals surface area (Å²) in [6.45, 7) is 0. The Bertz CT molecular complexity index is 157. The molecule has 0 rings (SSSR count). The average molecular weight is 182 g/mol. The Balaban J connectivity index is 0. The van der Waals surface area contributed by atoms with Gasteiger partial charge in [-0.05, 0) is 0 Å². The predicted octanol–water partition coefficient (Wildman–Crippen LogP) is -0.638. The van der Waals surface area contributed by atoms with Crippen LogP contribution in [0.5, 0.6) is 0 Å². The Morgan fingerprint density at radius 2 is 1.27 bits per heavy atom. The third-order valence-electron chi connectivity index (χ3n) is 0.368. The first-order valence-electron chi connectivity index (χ1n) is 2.26. The zero-order chi connectivity index (χ0) is 9.28. The van der Waals surface area contributed by atoms with Crippen molar-refractivity contribution in [3.63, 3.8) is 0 Å². The van der Waals surface area contributed by atoms with Crippen molar-refractivity contribution in [2.75, 3.05) is 0 Å². The number of carbonyl (C=O) groups is 2. The summed E-state index contributed by atoms with van der Waals surface area (Å²) in [7, 11) is -1.50. The van der Waals surface area contributed by atoms with E-state index in [0.717, 1.165) is 0 Å². The molecule has 0 saturated heterocycles. The van der Waals surface area contributed by atoms with Crippen molar-refractivity contribution in [3.8, 4) is 0 Å². The molecule has 0 aliphatic heterocycles. The van der Waals surface area contributed by atoms with Gasteiger partial charge in [0.1, 0.15) is 0 Å². The van der Waals surface area contributed by atoms with Crippen molar-refractivity contribution in [1.29, 1.82) is 0 Å². The van der Waals surface area contributed by atoms with Crippen LogP contribution in [0.1, 0.15) is 0 Å². The van der Waals surface area contributed by atoms with Crippen molar-refractivity contribution >= 4 is 20.6 Å². The molecule has 0 aromatic heterocycles. The lowest BCUT2D eigenvalue weighted by atomic mass is 10.5. The molecular formula is C4H7O6P. The minimum absolute atomic E-state index is 0.558. The zero-order valence-corrected chi connectivity index (χ0v) is 6.45. The van der Waals surface area contributed by atoms with Gasteiger partial charge in [-0.1, -0.05) is 0 Å². The molecular weight excluding hydrogens is 175 g/mol. The van der Waals surface area contributed by atoms with Gasteiger partial charge in [0.15, 0.2) is 8.69 Å². The fourth-order valence-corrected chi connectivity index (χ4v) is 0.143.